The van der Waals surface area contributed by atoms with Crippen molar-refractivity contribution in [2.75, 3.05) is 0 Å². The van der Waals surface area contributed by atoms with Gasteiger partial charge in [0.1, 0.15) is 12.4 Å². The van der Waals surface area contributed by atoms with E-state index < -0.39 is 0 Å². The van der Waals surface area contributed by atoms with Crippen molar-refractivity contribution in [3.05, 3.63) is 63.7 Å². The van der Waals surface area contributed by atoms with E-state index in [1.807, 2.05) is 0 Å². The lowest BCUT2D eigenvalue weighted by Gasteiger charge is -2.13. The second kappa shape index (κ2) is 7.15. The average molecular weight is 300 g/mol. The highest BCUT2D eigenvalue weighted by molar-refractivity contribution is 6.30. The Morgan fingerprint density at radius 2 is 1.86 bits per heavy atom. The number of nitrogens with zero attached hydrogens (tertiary/aromatic N) is 1. The third-order valence-electron chi connectivity index (χ3n) is 3.49. The molecule has 0 aromatic heterocycles. The minimum absolute atomic E-state index is 0.351. The third kappa shape index (κ3) is 3.77. The van der Waals surface area contributed by atoms with Gasteiger partial charge in [-0.15, -0.1) is 0 Å². The van der Waals surface area contributed by atoms with E-state index >= 15 is 0 Å². The van der Waals surface area contributed by atoms with Gasteiger partial charge < -0.3 is 4.74 Å². The van der Waals surface area contributed by atoms with Crippen LogP contribution in [-0.2, 0) is 19.4 Å². The van der Waals surface area contributed by atoms with Crippen molar-refractivity contribution in [1.29, 1.82) is 5.26 Å². The molecule has 108 valence electrons. The molecule has 0 aliphatic rings. The number of halogens is 1. The van der Waals surface area contributed by atoms with Gasteiger partial charge in [-0.1, -0.05) is 37.6 Å². The Morgan fingerprint density at radius 3 is 2.52 bits per heavy atom. The molecule has 0 N–H and O–H groups in total. The third-order valence-corrected chi connectivity index (χ3v) is 3.73. The first-order valence-electron chi connectivity index (χ1n) is 7.11. The number of benzene rings is 2. The molecule has 0 radical (unpaired) electrons. The van der Waals surface area contributed by atoms with Crippen LogP contribution in [0.2, 0.25) is 5.02 Å². The molecule has 3 heteroatoms. The molecule has 2 rings (SSSR count). The molecule has 2 aromatic rings. The second-order valence-electron chi connectivity index (χ2n) is 4.85. The molecular weight excluding hydrogens is 282 g/mol. The zero-order chi connectivity index (χ0) is 15.2. The van der Waals surface area contributed by atoms with E-state index in [4.69, 9.17) is 21.6 Å². The molecule has 0 unspecified atom stereocenters. The van der Waals surface area contributed by atoms with Gasteiger partial charge in [-0.2, -0.15) is 5.26 Å². The Bertz CT molecular complexity index is 673. The van der Waals surface area contributed by atoms with Gasteiger partial charge in [-0.3, -0.25) is 0 Å². The summed E-state index contributed by atoms with van der Waals surface area (Å²) in [6.07, 6.45) is 1.89. The van der Waals surface area contributed by atoms with E-state index in [-0.39, 0.29) is 0 Å². The Hall–Kier alpha value is -1.98. The molecule has 0 saturated heterocycles. The van der Waals surface area contributed by atoms with Crippen molar-refractivity contribution >= 4 is 11.6 Å². The van der Waals surface area contributed by atoms with Crippen LogP contribution in [0, 0.1) is 11.3 Å². The first-order valence-corrected chi connectivity index (χ1v) is 7.48. The standard InChI is InChI=1S/C18H18ClNO/c1-3-13-5-6-14(4-2)18(9-13)21-12-16-10-17(19)8-7-15(16)11-20/h5-10H,3-4,12H2,1-2H3. The van der Waals surface area contributed by atoms with Crippen LogP contribution in [0.15, 0.2) is 36.4 Å². The zero-order valence-corrected chi connectivity index (χ0v) is 13.1. The molecule has 0 heterocycles. The molecule has 2 aromatic carbocycles. The summed E-state index contributed by atoms with van der Waals surface area (Å²) in [5.41, 5.74) is 3.83. The summed E-state index contributed by atoms with van der Waals surface area (Å²) in [7, 11) is 0. The van der Waals surface area contributed by atoms with Crippen molar-refractivity contribution in [3.8, 4) is 11.8 Å². The second-order valence-corrected chi connectivity index (χ2v) is 5.29. The summed E-state index contributed by atoms with van der Waals surface area (Å²) in [4.78, 5) is 0. The van der Waals surface area contributed by atoms with E-state index in [2.05, 4.69) is 38.1 Å². The molecular formula is C18H18ClNO. The fraction of sp³-hybridized carbons (Fsp3) is 0.278. The lowest BCUT2D eigenvalue weighted by molar-refractivity contribution is 0.302. The summed E-state index contributed by atoms with van der Waals surface area (Å²) in [5.74, 6) is 0.890. The Kier molecular flexibility index (Phi) is 5.25. The largest absolute Gasteiger partial charge is 0.489 e. The van der Waals surface area contributed by atoms with Crippen LogP contribution in [0.3, 0.4) is 0 Å². The average Bonchev–Trinajstić information content (AvgIpc) is 2.52. The van der Waals surface area contributed by atoms with Crippen LogP contribution >= 0.6 is 11.6 Å². The Balaban J connectivity index is 2.24. The molecule has 0 bridgehead atoms. The Morgan fingerprint density at radius 1 is 1.05 bits per heavy atom. The minimum atomic E-state index is 0.351. The number of hydrogen-bond donors (Lipinski definition) is 0. The van der Waals surface area contributed by atoms with Crippen LogP contribution in [-0.4, -0.2) is 0 Å². The molecule has 0 fully saturated rings. The molecule has 0 saturated carbocycles. The normalized spacial score (nSPS) is 10.2. The first-order chi connectivity index (χ1) is 10.2. The van der Waals surface area contributed by atoms with Crippen molar-refractivity contribution in [2.24, 2.45) is 0 Å². The summed E-state index contributed by atoms with van der Waals surface area (Å²) in [5, 5.41) is 9.76. The van der Waals surface area contributed by atoms with Crippen LogP contribution in [0.25, 0.3) is 0 Å². The smallest absolute Gasteiger partial charge is 0.123 e. The molecule has 2 nitrogen and oxygen atoms in total. The van der Waals surface area contributed by atoms with Crippen molar-refractivity contribution in [2.45, 2.75) is 33.3 Å². The maximum atomic E-state index is 9.14. The van der Waals surface area contributed by atoms with Gasteiger partial charge in [0.2, 0.25) is 0 Å². The molecule has 0 aliphatic carbocycles. The van der Waals surface area contributed by atoms with Crippen LogP contribution in [0.1, 0.15) is 36.1 Å². The lowest BCUT2D eigenvalue weighted by atomic mass is 10.1. The molecule has 0 aliphatic heterocycles. The fourth-order valence-corrected chi connectivity index (χ4v) is 2.39. The predicted molar refractivity (Wildman–Crippen MR) is 85.7 cm³/mol. The van der Waals surface area contributed by atoms with Crippen molar-refractivity contribution in [1.82, 2.24) is 0 Å². The van der Waals surface area contributed by atoms with Gasteiger partial charge >= 0.3 is 0 Å². The van der Waals surface area contributed by atoms with Gasteiger partial charge in [0.25, 0.3) is 0 Å². The molecule has 21 heavy (non-hydrogen) atoms. The van der Waals surface area contributed by atoms with E-state index in [9.17, 15) is 0 Å². The maximum absolute atomic E-state index is 9.14. The number of aryl methyl sites for hydroxylation is 2. The van der Waals surface area contributed by atoms with E-state index in [1.165, 1.54) is 11.1 Å². The number of nitriles is 1. The monoisotopic (exact) mass is 299 g/mol. The quantitative estimate of drug-likeness (QED) is 0.785. The van der Waals surface area contributed by atoms with Crippen LogP contribution in [0.4, 0.5) is 0 Å². The fourth-order valence-electron chi connectivity index (χ4n) is 2.19. The van der Waals surface area contributed by atoms with Gasteiger partial charge in [0, 0.05) is 10.6 Å². The minimum Gasteiger partial charge on any atom is -0.489 e. The van der Waals surface area contributed by atoms with E-state index in [1.54, 1.807) is 18.2 Å². The van der Waals surface area contributed by atoms with Crippen LogP contribution in [0.5, 0.6) is 5.75 Å². The highest BCUT2D eigenvalue weighted by atomic mass is 35.5. The van der Waals surface area contributed by atoms with Crippen molar-refractivity contribution in [3.63, 3.8) is 0 Å². The molecule has 0 atom stereocenters. The molecule has 0 spiro atoms. The van der Waals surface area contributed by atoms with E-state index in [0.29, 0.717) is 17.2 Å². The van der Waals surface area contributed by atoms with Crippen LogP contribution < -0.4 is 4.74 Å². The SMILES string of the molecule is CCc1ccc(CC)c(OCc2cc(Cl)ccc2C#N)c1. The molecule has 0 amide bonds. The highest BCUT2D eigenvalue weighted by Crippen LogP contribution is 2.24. The highest BCUT2D eigenvalue weighted by Gasteiger charge is 2.07. The number of ether oxygens (including phenoxy) is 1. The topological polar surface area (TPSA) is 33.0 Å². The summed E-state index contributed by atoms with van der Waals surface area (Å²) < 4.78 is 5.94. The maximum Gasteiger partial charge on any atom is 0.123 e. The summed E-state index contributed by atoms with van der Waals surface area (Å²) in [6, 6.07) is 13.7. The van der Waals surface area contributed by atoms with Gasteiger partial charge in [0.05, 0.1) is 11.6 Å². The number of rotatable bonds is 5. The van der Waals surface area contributed by atoms with Gasteiger partial charge in [-0.05, 0) is 48.2 Å². The zero-order valence-electron chi connectivity index (χ0n) is 12.3. The number of hydrogen-bond acceptors (Lipinski definition) is 2. The van der Waals surface area contributed by atoms with Gasteiger partial charge in [-0.25, -0.2) is 0 Å². The summed E-state index contributed by atoms with van der Waals surface area (Å²) >= 11 is 6.00. The predicted octanol–water partition coefficient (Wildman–Crippen LogP) is 4.92. The Labute approximate surface area is 130 Å². The van der Waals surface area contributed by atoms with Gasteiger partial charge in [0.15, 0.2) is 0 Å². The lowest BCUT2D eigenvalue weighted by Crippen LogP contribution is -2.01. The summed E-state index contributed by atoms with van der Waals surface area (Å²) in [6.45, 7) is 4.58. The van der Waals surface area contributed by atoms with Crippen molar-refractivity contribution < 1.29 is 4.74 Å². The van der Waals surface area contributed by atoms with E-state index in [0.717, 1.165) is 24.2 Å². The first kappa shape index (κ1) is 15.4.